The molecule has 1 heterocycles. The van der Waals surface area contributed by atoms with Gasteiger partial charge in [0.15, 0.2) is 0 Å². The van der Waals surface area contributed by atoms with Crippen molar-refractivity contribution in [3.05, 3.63) is 35.6 Å². The maximum atomic E-state index is 6.01. The lowest BCUT2D eigenvalue weighted by Gasteiger charge is -2.21. The molecular formula is C17H25NO2. The number of fused-ring (bicyclic) bond motifs is 1. The van der Waals surface area contributed by atoms with E-state index in [1.807, 2.05) is 12.1 Å². The molecule has 2 atom stereocenters. The van der Waals surface area contributed by atoms with Crippen LogP contribution in [0, 0.1) is 6.92 Å². The molecule has 0 saturated heterocycles. The lowest BCUT2D eigenvalue weighted by molar-refractivity contribution is 0.155. The normalized spacial score (nSPS) is 14.6. The van der Waals surface area contributed by atoms with Gasteiger partial charge in [0.1, 0.15) is 11.3 Å². The highest BCUT2D eigenvalue weighted by Gasteiger charge is 2.19. The Labute approximate surface area is 121 Å². The summed E-state index contributed by atoms with van der Waals surface area (Å²) in [6, 6.07) is 8.76. The summed E-state index contributed by atoms with van der Waals surface area (Å²) in [4.78, 5) is 0. The first kappa shape index (κ1) is 15.1. The highest BCUT2D eigenvalue weighted by Crippen LogP contribution is 2.29. The Bertz CT molecular complexity index is 541. The van der Waals surface area contributed by atoms with Gasteiger partial charge in [-0.2, -0.15) is 0 Å². The van der Waals surface area contributed by atoms with Crippen molar-refractivity contribution in [2.75, 3.05) is 13.7 Å². The van der Waals surface area contributed by atoms with Crippen molar-refractivity contribution in [2.24, 2.45) is 0 Å². The summed E-state index contributed by atoms with van der Waals surface area (Å²) in [5.74, 6) is 1.03. The summed E-state index contributed by atoms with van der Waals surface area (Å²) in [6.07, 6.45) is 2.25. The van der Waals surface area contributed by atoms with Crippen molar-refractivity contribution in [3.8, 4) is 0 Å². The van der Waals surface area contributed by atoms with Crippen LogP contribution in [-0.2, 0) is 4.74 Å². The van der Waals surface area contributed by atoms with E-state index >= 15 is 0 Å². The molecule has 1 aromatic heterocycles. The lowest BCUT2D eigenvalue weighted by Crippen LogP contribution is -2.35. The summed E-state index contributed by atoms with van der Waals surface area (Å²) in [5.41, 5.74) is 2.20. The van der Waals surface area contributed by atoms with E-state index in [2.05, 4.69) is 38.2 Å². The Morgan fingerprint density at radius 3 is 2.70 bits per heavy atom. The zero-order valence-corrected chi connectivity index (χ0v) is 12.9. The Morgan fingerprint density at radius 1 is 1.30 bits per heavy atom. The lowest BCUT2D eigenvalue weighted by atomic mass is 10.1. The highest BCUT2D eigenvalue weighted by molar-refractivity contribution is 5.82. The maximum absolute atomic E-state index is 6.01. The number of hydrogen-bond donors (Lipinski definition) is 1. The molecule has 0 aliphatic heterocycles. The zero-order chi connectivity index (χ0) is 14.5. The van der Waals surface area contributed by atoms with E-state index in [1.54, 1.807) is 7.11 Å². The fourth-order valence-electron chi connectivity index (χ4n) is 2.80. The molecule has 0 bridgehead atoms. The second-order valence-electron chi connectivity index (χ2n) is 5.42. The summed E-state index contributed by atoms with van der Waals surface area (Å²) >= 11 is 0. The van der Waals surface area contributed by atoms with Gasteiger partial charge in [-0.3, -0.25) is 0 Å². The molecule has 0 aliphatic carbocycles. The number of rotatable bonds is 7. The van der Waals surface area contributed by atoms with Crippen molar-refractivity contribution in [1.82, 2.24) is 5.32 Å². The molecule has 0 aliphatic rings. The molecule has 0 amide bonds. The number of nitrogens with one attached hydrogen (secondary N) is 1. The van der Waals surface area contributed by atoms with Crippen LogP contribution in [0.5, 0.6) is 0 Å². The van der Waals surface area contributed by atoms with Crippen LogP contribution in [0.2, 0.25) is 0 Å². The quantitative estimate of drug-likeness (QED) is 0.822. The van der Waals surface area contributed by atoms with E-state index in [0.717, 1.165) is 30.8 Å². The van der Waals surface area contributed by atoms with Crippen molar-refractivity contribution in [1.29, 1.82) is 0 Å². The second-order valence-corrected chi connectivity index (χ2v) is 5.42. The number of furan rings is 1. The van der Waals surface area contributed by atoms with Crippen LogP contribution in [0.25, 0.3) is 11.0 Å². The van der Waals surface area contributed by atoms with Gasteiger partial charge in [0.2, 0.25) is 0 Å². The summed E-state index contributed by atoms with van der Waals surface area (Å²) < 4.78 is 11.3. The van der Waals surface area contributed by atoms with E-state index in [9.17, 15) is 0 Å². The summed E-state index contributed by atoms with van der Waals surface area (Å²) in [7, 11) is 1.75. The number of aryl methyl sites for hydroxylation is 1. The minimum atomic E-state index is 0.189. The van der Waals surface area contributed by atoms with Crippen LogP contribution in [0.3, 0.4) is 0 Å². The minimum absolute atomic E-state index is 0.189. The predicted octanol–water partition coefficient (Wildman–Crippen LogP) is 4.21. The molecule has 0 fully saturated rings. The first-order valence-corrected chi connectivity index (χ1v) is 7.40. The average molecular weight is 275 g/mol. The van der Waals surface area contributed by atoms with Crippen LogP contribution in [0.15, 0.2) is 28.7 Å². The fraction of sp³-hybridized carbons (Fsp3) is 0.529. The molecule has 0 radical (unpaired) electrons. The Hall–Kier alpha value is -1.32. The van der Waals surface area contributed by atoms with Crippen molar-refractivity contribution in [3.63, 3.8) is 0 Å². The van der Waals surface area contributed by atoms with Gasteiger partial charge in [0.25, 0.3) is 0 Å². The van der Waals surface area contributed by atoms with Crippen molar-refractivity contribution < 1.29 is 9.15 Å². The third-order valence-corrected chi connectivity index (χ3v) is 3.76. The first-order valence-electron chi connectivity index (χ1n) is 7.40. The van der Waals surface area contributed by atoms with Crippen LogP contribution in [0.4, 0.5) is 0 Å². The number of benzene rings is 1. The molecule has 20 heavy (non-hydrogen) atoms. The highest BCUT2D eigenvalue weighted by atomic mass is 16.5. The minimum Gasteiger partial charge on any atom is -0.459 e. The van der Waals surface area contributed by atoms with Gasteiger partial charge in [-0.05, 0) is 31.9 Å². The molecule has 2 rings (SSSR count). The third kappa shape index (κ3) is 3.22. The second kappa shape index (κ2) is 6.91. The molecular weight excluding hydrogens is 250 g/mol. The topological polar surface area (TPSA) is 34.4 Å². The molecule has 3 heteroatoms. The monoisotopic (exact) mass is 275 g/mol. The third-order valence-electron chi connectivity index (χ3n) is 3.76. The van der Waals surface area contributed by atoms with Crippen molar-refractivity contribution >= 4 is 11.0 Å². The molecule has 2 aromatic rings. The molecule has 2 unspecified atom stereocenters. The number of hydrogen-bond acceptors (Lipinski definition) is 3. The molecule has 3 nitrogen and oxygen atoms in total. The van der Waals surface area contributed by atoms with E-state index in [4.69, 9.17) is 9.15 Å². The van der Waals surface area contributed by atoms with Gasteiger partial charge in [-0.1, -0.05) is 31.5 Å². The zero-order valence-electron chi connectivity index (χ0n) is 12.9. The maximum Gasteiger partial charge on any atom is 0.134 e. The van der Waals surface area contributed by atoms with Crippen LogP contribution >= 0.6 is 0 Å². The van der Waals surface area contributed by atoms with Gasteiger partial charge in [0, 0.05) is 18.5 Å². The Morgan fingerprint density at radius 2 is 2.05 bits per heavy atom. The predicted molar refractivity (Wildman–Crippen MR) is 83.1 cm³/mol. The molecule has 1 N–H and O–H groups in total. The van der Waals surface area contributed by atoms with Crippen molar-refractivity contribution in [2.45, 2.75) is 45.7 Å². The van der Waals surface area contributed by atoms with Crippen LogP contribution < -0.4 is 5.32 Å². The first-order chi connectivity index (χ1) is 9.67. The molecule has 1 aromatic carbocycles. The molecule has 0 saturated carbocycles. The number of ether oxygens (including phenoxy) is 1. The van der Waals surface area contributed by atoms with E-state index in [1.165, 1.54) is 10.9 Å². The van der Waals surface area contributed by atoms with E-state index in [0.29, 0.717) is 6.04 Å². The SMILES string of the molecule is CCCC(COC)NC(C)c1oc2ccccc2c1C. The van der Waals surface area contributed by atoms with Gasteiger partial charge in [-0.15, -0.1) is 0 Å². The number of para-hydroxylation sites is 1. The molecule has 0 spiro atoms. The van der Waals surface area contributed by atoms with Gasteiger partial charge < -0.3 is 14.5 Å². The van der Waals surface area contributed by atoms with Gasteiger partial charge in [-0.25, -0.2) is 0 Å². The van der Waals surface area contributed by atoms with Crippen LogP contribution in [-0.4, -0.2) is 19.8 Å². The summed E-state index contributed by atoms with van der Waals surface area (Å²) in [5, 5.41) is 4.82. The van der Waals surface area contributed by atoms with Gasteiger partial charge in [0.05, 0.1) is 12.6 Å². The average Bonchev–Trinajstić information content (AvgIpc) is 2.77. The Kier molecular flexibility index (Phi) is 5.21. The number of methoxy groups -OCH3 is 1. The van der Waals surface area contributed by atoms with Crippen LogP contribution in [0.1, 0.15) is 44.1 Å². The van der Waals surface area contributed by atoms with E-state index < -0.39 is 0 Å². The smallest absolute Gasteiger partial charge is 0.134 e. The van der Waals surface area contributed by atoms with Gasteiger partial charge >= 0.3 is 0 Å². The fourth-order valence-corrected chi connectivity index (χ4v) is 2.80. The largest absolute Gasteiger partial charge is 0.459 e. The van der Waals surface area contributed by atoms with E-state index in [-0.39, 0.29) is 6.04 Å². The Balaban J connectivity index is 2.17. The standard InChI is InChI=1S/C17H25NO2/c1-5-8-14(11-19-4)18-13(3)17-12(2)15-9-6-7-10-16(15)20-17/h6-7,9-10,13-14,18H,5,8,11H2,1-4H3. The molecule has 110 valence electrons. The summed E-state index contributed by atoms with van der Waals surface area (Å²) in [6.45, 7) is 7.21.